The summed E-state index contributed by atoms with van der Waals surface area (Å²) in [6, 6.07) is 13.5. The molecular formula is C23H26F3N3S. The minimum Gasteiger partial charge on any atom is -0.347 e. The Hall–Kier alpha value is -2.54. The molecule has 0 aliphatic carbocycles. The number of nitrogens with one attached hydrogen (secondary N) is 1. The van der Waals surface area contributed by atoms with Gasteiger partial charge in [0.25, 0.3) is 0 Å². The number of benzene rings is 2. The van der Waals surface area contributed by atoms with Gasteiger partial charge in [0.15, 0.2) is 5.11 Å². The predicted octanol–water partition coefficient (Wildman–Crippen LogP) is 6.68. The number of aromatic nitrogens is 1. The molecule has 0 radical (unpaired) electrons. The molecule has 0 fully saturated rings. The van der Waals surface area contributed by atoms with Crippen molar-refractivity contribution in [1.82, 2.24) is 9.47 Å². The van der Waals surface area contributed by atoms with Crippen LogP contribution in [0.3, 0.4) is 0 Å². The normalized spacial score (nSPS) is 12.7. The summed E-state index contributed by atoms with van der Waals surface area (Å²) in [4.78, 5) is 2.04. The number of fused-ring (bicyclic) bond motifs is 1. The minimum absolute atomic E-state index is 0.125. The Kier molecular flexibility index (Phi) is 6.71. The fourth-order valence-electron chi connectivity index (χ4n) is 3.51. The van der Waals surface area contributed by atoms with Crippen LogP contribution in [0, 0.1) is 0 Å². The van der Waals surface area contributed by atoms with E-state index in [1.807, 2.05) is 17.0 Å². The van der Waals surface area contributed by atoms with Gasteiger partial charge in [0.05, 0.1) is 5.56 Å². The fraction of sp³-hybridized carbons (Fsp3) is 0.348. The van der Waals surface area contributed by atoms with Gasteiger partial charge in [-0.25, -0.2) is 0 Å². The number of hydrogen-bond donors (Lipinski definition) is 1. The van der Waals surface area contributed by atoms with Crippen LogP contribution in [0.1, 0.15) is 38.3 Å². The van der Waals surface area contributed by atoms with Crippen LogP contribution in [0.15, 0.2) is 54.7 Å². The Balaban J connectivity index is 1.88. The second kappa shape index (κ2) is 9.08. The van der Waals surface area contributed by atoms with Crippen molar-refractivity contribution in [3.8, 4) is 0 Å². The van der Waals surface area contributed by atoms with Crippen LogP contribution in [0.25, 0.3) is 10.9 Å². The Morgan fingerprint density at radius 3 is 2.53 bits per heavy atom. The van der Waals surface area contributed by atoms with Gasteiger partial charge < -0.3 is 14.8 Å². The molecule has 0 spiro atoms. The molecule has 0 unspecified atom stereocenters. The van der Waals surface area contributed by atoms with E-state index in [9.17, 15) is 13.2 Å². The van der Waals surface area contributed by atoms with Crippen LogP contribution < -0.4 is 5.32 Å². The van der Waals surface area contributed by atoms with Crippen LogP contribution in [0.4, 0.5) is 18.9 Å². The van der Waals surface area contributed by atoms with E-state index in [1.165, 1.54) is 6.07 Å². The average Bonchev–Trinajstić information content (AvgIpc) is 3.08. The molecular weight excluding hydrogens is 407 g/mol. The highest BCUT2D eigenvalue weighted by Crippen LogP contribution is 2.31. The van der Waals surface area contributed by atoms with Gasteiger partial charge in [-0.2, -0.15) is 13.2 Å². The largest absolute Gasteiger partial charge is 0.416 e. The molecule has 3 nitrogen and oxygen atoms in total. The highest BCUT2D eigenvalue weighted by atomic mass is 32.1. The highest BCUT2D eigenvalue weighted by molar-refractivity contribution is 7.80. The molecule has 0 saturated heterocycles. The molecule has 0 amide bonds. The van der Waals surface area contributed by atoms with Gasteiger partial charge in [0.2, 0.25) is 0 Å². The summed E-state index contributed by atoms with van der Waals surface area (Å²) in [5, 5.41) is 4.58. The zero-order valence-electron chi connectivity index (χ0n) is 17.3. The zero-order valence-corrected chi connectivity index (χ0v) is 18.1. The Morgan fingerprint density at radius 2 is 1.87 bits per heavy atom. The number of anilines is 1. The summed E-state index contributed by atoms with van der Waals surface area (Å²) in [6.45, 7) is 7.67. The smallest absolute Gasteiger partial charge is 0.347 e. The summed E-state index contributed by atoms with van der Waals surface area (Å²) in [5.74, 6) is 0. The van der Waals surface area contributed by atoms with E-state index in [1.54, 1.807) is 6.07 Å². The summed E-state index contributed by atoms with van der Waals surface area (Å²) >= 11 is 5.62. The van der Waals surface area contributed by atoms with Gasteiger partial charge in [-0.1, -0.05) is 31.2 Å². The molecule has 160 valence electrons. The number of nitrogens with zero attached hydrogens (tertiary/aromatic N) is 2. The second-order valence-corrected chi connectivity index (χ2v) is 7.74. The molecule has 2 aromatic carbocycles. The molecule has 0 aliphatic heterocycles. The van der Waals surface area contributed by atoms with Crippen LogP contribution in [-0.2, 0) is 19.3 Å². The Morgan fingerprint density at radius 1 is 1.13 bits per heavy atom. The number of halogens is 3. The molecule has 0 bridgehead atoms. The maximum Gasteiger partial charge on any atom is 0.416 e. The Bertz CT molecular complexity index is 1030. The van der Waals surface area contributed by atoms with Gasteiger partial charge >= 0.3 is 6.18 Å². The maximum absolute atomic E-state index is 13.0. The lowest BCUT2D eigenvalue weighted by Crippen LogP contribution is -2.40. The van der Waals surface area contributed by atoms with Crippen molar-refractivity contribution in [2.45, 2.75) is 52.5 Å². The van der Waals surface area contributed by atoms with Gasteiger partial charge in [0, 0.05) is 41.9 Å². The molecule has 1 atom stereocenters. The third-order valence-corrected chi connectivity index (χ3v) is 5.71. The third-order valence-electron chi connectivity index (χ3n) is 5.38. The van der Waals surface area contributed by atoms with Gasteiger partial charge in [-0.05, 0) is 62.3 Å². The van der Waals surface area contributed by atoms with Crippen molar-refractivity contribution >= 4 is 33.9 Å². The quantitative estimate of drug-likeness (QED) is 0.438. The van der Waals surface area contributed by atoms with Crippen LogP contribution in [0.5, 0.6) is 0 Å². The number of rotatable bonds is 6. The average molecular weight is 434 g/mol. The number of alkyl halides is 3. The first kappa shape index (κ1) is 22.2. The minimum atomic E-state index is -4.39. The number of para-hydroxylation sites is 1. The molecule has 3 rings (SSSR count). The summed E-state index contributed by atoms with van der Waals surface area (Å²) in [5.41, 5.74) is 1.94. The lowest BCUT2D eigenvalue weighted by Gasteiger charge is -2.31. The first-order valence-electron chi connectivity index (χ1n) is 10.1. The van der Waals surface area contributed by atoms with Crippen molar-refractivity contribution in [1.29, 1.82) is 0 Å². The monoisotopic (exact) mass is 433 g/mol. The topological polar surface area (TPSA) is 20.2 Å². The molecule has 1 aromatic heterocycles. The van der Waals surface area contributed by atoms with Gasteiger partial charge in [-0.15, -0.1) is 0 Å². The van der Waals surface area contributed by atoms with E-state index >= 15 is 0 Å². The van der Waals surface area contributed by atoms with E-state index in [4.69, 9.17) is 12.2 Å². The van der Waals surface area contributed by atoms with E-state index in [-0.39, 0.29) is 6.04 Å². The maximum atomic E-state index is 13.0. The van der Waals surface area contributed by atoms with Crippen LogP contribution in [0.2, 0.25) is 0 Å². The van der Waals surface area contributed by atoms with E-state index in [2.05, 4.69) is 49.0 Å². The molecule has 1 heterocycles. The summed E-state index contributed by atoms with van der Waals surface area (Å²) in [6.07, 6.45) is -1.40. The molecule has 0 aliphatic rings. The number of aryl methyl sites for hydroxylation is 1. The van der Waals surface area contributed by atoms with Crippen molar-refractivity contribution in [3.63, 3.8) is 0 Å². The molecule has 3 aromatic rings. The molecule has 1 N–H and O–H groups in total. The lowest BCUT2D eigenvalue weighted by atomic mass is 10.1. The predicted molar refractivity (Wildman–Crippen MR) is 121 cm³/mol. The van der Waals surface area contributed by atoms with Crippen molar-refractivity contribution < 1.29 is 13.2 Å². The Labute approximate surface area is 180 Å². The van der Waals surface area contributed by atoms with Crippen molar-refractivity contribution in [3.05, 3.63) is 65.9 Å². The SMILES string of the molecule is CC[C@H](C)N(Cc1cn(CC)c2ccccc12)C(=S)Nc1cccc(C(F)(F)F)c1. The van der Waals surface area contributed by atoms with Crippen LogP contribution >= 0.6 is 12.2 Å². The summed E-state index contributed by atoms with van der Waals surface area (Å²) in [7, 11) is 0. The molecule has 0 saturated carbocycles. The van der Waals surface area contributed by atoms with Crippen molar-refractivity contribution in [2.24, 2.45) is 0 Å². The van der Waals surface area contributed by atoms with Crippen LogP contribution in [-0.4, -0.2) is 20.6 Å². The first-order chi connectivity index (χ1) is 14.2. The number of thiocarbonyl (C=S) groups is 1. The van der Waals surface area contributed by atoms with Gasteiger partial charge in [0.1, 0.15) is 0 Å². The van der Waals surface area contributed by atoms with E-state index in [0.717, 1.165) is 41.6 Å². The summed E-state index contributed by atoms with van der Waals surface area (Å²) < 4.78 is 41.3. The molecule has 30 heavy (non-hydrogen) atoms. The number of hydrogen-bond acceptors (Lipinski definition) is 1. The molecule has 7 heteroatoms. The van der Waals surface area contributed by atoms with Gasteiger partial charge in [-0.3, -0.25) is 0 Å². The van der Waals surface area contributed by atoms with E-state index in [0.29, 0.717) is 17.3 Å². The fourth-order valence-corrected chi connectivity index (χ4v) is 3.87. The standard InChI is InChI=1S/C23H26F3N3S/c1-4-16(3)29(15-17-14-28(5-2)21-12-7-6-11-20(17)21)22(30)27-19-10-8-9-18(13-19)23(24,25)26/h6-14,16H,4-5,15H2,1-3H3,(H,27,30)/t16-/m0/s1. The zero-order chi connectivity index (χ0) is 21.9. The first-order valence-corrected chi connectivity index (χ1v) is 10.5. The lowest BCUT2D eigenvalue weighted by molar-refractivity contribution is -0.137. The second-order valence-electron chi connectivity index (χ2n) is 7.35. The van der Waals surface area contributed by atoms with Crippen molar-refractivity contribution in [2.75, 3.05) is 5.32 Å². The van der Waals surface area contributed by atoms with E-state index < -0.39 is 11.7 Å². The third kappa shape index (κ3) is 4.78. The highest BCUT2D eigenvalue weighted by Gasteiger charge is 2.30.